The van der Waals surface area contributed by atoms with Gasteiger partial charge in [-0.05, 0) is 17.7 Å². The van der Waals surface area contributed by atoms with Crippen molar-refractivity contribution in [1.82, 2.24) is 0 Å². The van der Waals surface area contributed by atoms with E-state index in [9.17, 15) is 8.42 Å². The lowest BCUT2D eigenvalue weighted by atomic mass is 10.2. The first-order valence-electron chi connectivity index (χ1n) is 3.49. The van der Waals surface area contributed by atoms with E-state index in [1.165, 1.54) is 0 Å². The molecule has 0 fully saturated rings. The molecule has 0 aliphatic carbocycles. The van der Waals surface area contributed by atoms with Gasteiger partial charge in [0.15, 0.2) is 0 Å². The van der Waals surface area contributed by atoms with Gasteiger partial charge in [-0.1, -0.05) is 18.7 Å². The van der Waals surface area contributed by atoms with E-state index < -0.39 is 10.0 Å². The molecule has 0 bridgehead atoms. The molecule has 0 unspecified atom stereocenters. The summed E-state index contributed by atoms with van der Waals surface area (Å²) in [6.07, 6.45) is 0. The molecule has 4 nitrogen and oxygen atoms in total. The molecule has 4 N–H and O–H groups in total. The van der Waals surface area contributed by atoms with Gasteiger partial charge in [-0.3, -0.25) is 0 Å². The smallest absolute Gasteiger partial charge is 0.238 e. The average Bonchev–Trinajstić information content (AvgIpc) is 2.03. The molecule has 0 aromatic heterocycles. The van der Waals surface area contributed by atoms with E-state index in [0.29, 0.717) is 11.3 Å². The molecule has 0 aliphatic heterocycles. The van der Waals surface area contributed by atoms with Crippen LogP contribution in [0.5, 0.6) is 0 Å². The van der Waals surface area contributed by atoms with Crippen LogP contribution in [-0.4, -0.2) is 8.42 Å². The fraction of sp³-hybridized carbons (Fsp3) is 0. The second kappa shape index (κ2) is 3.20. The van der Waals surface area contributed by atoms with Crippen molar-refractivity contribution in [3.05, 3.63) is 36.4 Å². The molecule has 0 amide bonds. The Hall–Kier alpha value is -1.33. The third kappa shape index (κ3) is 2.30. The molecule has 1 aromatic carbocycles. The van der Waals surface area contributed by atoms with Crippen LogP contribution in [0, 0.1) is 0 Å². The lowest BCUT2D eigenvalue weighted by Gasteiger charge is -2.02. The fourth-order valence-corrected chi connectivity index (χ4v) is 1.30. The van der Waals surface area contributed by atoms with Gasteiger partial charge in [0.25, 0.3) is 0 Å². The molecule has 0 saturated heterocycles. The van der Waals surface area contributed by atoms with E-state index in [0.717, 1.165) is 0 Å². The highest BCUT2D eigenvalue weighted by atomic mass is 32.2. The molecular formula is C8H10N2O2S. The SMILES string of the molecule is C=C(c1ccc(N)cc1)S(N)(=O)=O. The molecule has 0 saturated carbocycles. The molecule has 5 heteroatoms. The minimum absolute atomic E-state index is 0.104. The summed E-state index contributed by atoms with van der Waals surface area (Å²) in [5.41, 5.74) is 6.44. The second-order valence-electron chi connectivity index (χ2n) is 2.59. The number of sulfonamides is 1. The Morgan fingerprint density at radius 2 is 1.69 bits per heavy atom. The van der Waals surface area contributed by atoms with Gasteiger partial charge in [0.05, 0.1) is 4.91 Å². The summed E-state index contributed by atoms with van der Waals surface area (Å²) in [5.74, 6) is 0. The van der Waals surface area contributed by atoms with Crippen molar-refractivity contribution in [2.75, 3.05) is 5.73 Å². The maximum Gasteiger partial charge on any atom is 0.238 e. The summed E-state index contributed by atoms with van der Waals surface area (Å²) in [6, 6.07) is 6.29. The van der Waals surface area contributed by atoms with E-state index in [1.807, 2.05) is 0 Å². The Balaban J connectivity index is 3.12. The zero-order valence-electron chi connectivity index (χ0n) is 6.90. The van der Waals surface area contributed by atoms with Crippen molar-refractivity contribution < 1.29 is 8.42 Å². The molecule has 0 radical (unpaired) electrons. The van der Waals surface area contributed by atoms with Crippen LogP contribution >= 0.6 is 0 Å². The minimum Gasteiger partial charge on any atom is -0.399 e. The van der Waals surface area contributed by atoms with Crippen molar-refractivity contribution in [3.8, 4) is 0 Å². The molecule has 70 valence electrons. The van der Waals surface area contributed by atoms with Crippen LogP contribution in [-0.2, 0) is 10.0 Å². The third-order valence-electron chi connectivity index (χ3n) is 1.58. The van der Waals surface area contributed by atoms with E-state index in [-0.39, 0.29) is 4.91 Å². The van der Waals surface area contributed by atoms with E-state index in [2.05, 4.69) is 6.58 Å². The van der Waals surface area contributed by atoms with Gasteiger partial charge in [-0.25, -0.2) is 13.6 Å². The topological polar surface area (TPSA) is 86.2 Å². The number of hydrogen-bond donors (Lipinski definition) is 2. The van der Waals surface area contributed by atoms with Crippen molar-refractivity contribution in [2.45, 2.75) is 0 Å². The maximum atomic E-state index is 10.9. The summed E-state index contributed by atoms with van der Waals surface area (Å²) in [6.45, 7) is 3.37. The van der Waals surface area contributed by atoms with Gasteiger partial charge in [-0.2, -0.15) is 0 Å². The predicted molar refractivity (Wildman–Crippen MR) is 53.0 cm³/mol. The lowest BCUT2D eigenvalue weighted by Crippen LogP contribution is -2.12. The normalized spacial score (nSPS) is 11.2. The van der Waals surface area contributed by atoms with Crippen LogP contribution in [0.4, 0.5) is 5.69 Å². The Bertz CT molecular complexity index is 420. The number of rotatable bonds is 2. The largest absolute Gasteiger partial charge is 0.399 e. The second-order valence-corrected chi connectivity index (χ2v) is 4.17. The van der Waals surface area contributed by atoms with Crippen LogP contribution < -0.4 is 10.9 Å². The highest BCUT2D eigenvalue weighted by molar-refractivity contribution is 7.98. The quantitative estimate of drug-likeness (QED) is 0.679. The van der Waals surface area contributed by atoms with Crippen LogP contribution in [0.25, 0.3) is 4.91 Å². The van der Waals surface area contributed by atoms with Crippen LogP contribution in [0.2, 0.25) is 0 Å². The highest BCUT2D eigenvalue weighted by Crippen LogP contribution is 2.17. The molecule has 0 atom stereocenters. The number of hydrogen-bond acceptors (Lipinski definition) is 3. The highest BCUT2D eigenvalue weighted by Gasteiger charge is 2.10. The summed E-state index contributed by atoms with van der Waals surface area (Å²) >= 11 is 0. The first-order valence-corrected chi connectivity index (χ1v) is 5.03. The predicted octanol–water partition coefficient (Wildman–Crippen LogP) is 0.528. The van der Waals surface area contributed by atoms with Gasteiger partial charge < -0.3 is 5.73 Å². The van der Waals surface area contributed by atoms with Crippen molar-refractivity contribution in [1.29, 1.82) is 0 Å². The van der Waals surface area contributed by atoms with E-state index >= 15 is 0 Å². The Morgan fingerprint density at radius 3 is 2.08 bits per heavy atom. The molecule has 0 aliphatic rings. The average molecular weight is 198 g/mol. The fourth-order valence-electron chi connectivity index (χ4n) is 0.833. The first-order chi connectivity index (χ1) is 5.91. The van der Waals surface area contributed by atoms with E-state index in [4.69, 9.17) is 10.9 Å². The number of benzene rings is 1. The Kier molecular flexibility index (Phi) is 2.40. The molecule has 13 heavy (non-hydrogen) atoms. The van der Waals surface area contributed by atoms with Gasteiger partial charge in [0, 0.05) is 5.69 Å². The van der Waals surface area contributed by atoms with Crippen LogP contribution in [0.3, 0.4) is 0 Å². The van der Waals surface area contributed by atoms with Crippen LogP contribution in [0.1, 0.15) is 5.56 Å². The molecular weight excluding hydrogens is 188 g/mol. The maximum absolute atomic E-state index is 10.9. The van der Waals surface area contributed by atoms with Crippen molar-refractivity contribution >= 4 is 20.6 Å². The lowest BCUT2D eigenvalue weighted by molar-refractivity contribution is 0.607. The van der Waals surface area contributed by atoms with Gasteiger partial charge in [-0.15, -0.1) is 0 Å². The van der Waals surface area contributed by atoms with Gasteiger partial charge in [0.1, 0.15) is 0 Å². The number of primary sulfonamides is 1. The Morgan fingerprint density at radius 1 is 1.23 bits per heavy atom. The summed E-state index contributed by atoms with van der Waals surface area (Å²) in [4.78, 5) is -0.104. The van der Waals surface area contributed by atoms with Gasteiger partial charge in [0.2, 0.25) is 10.0 Å². The van der Waals surface area contributed by atoms with Gasteiger partial charge >= 0.3 is 0 Å². The van der Waals surface area contributed by atoms with E-state index in [1.54, 1.807) is 24.3 Å². The third-order valence-corrected chi connectivity index (χ3v) is 2.50. The molecule has 0 spiro atoms. The minimum atomic E-state index is -3.70. The number of nitrogens with two attached hydrogens (primary N) is 2. The van der Waals surface area contributed by atoms with Crippen LogP contribution in [0.15, 0.2) is 30.8 Å². The zero-order valence-corrected chi connectivity index (χ0v) is 7.71. The molecule has 1 rings (SSSR count). The number of nitrogen functional groups attached to an aromatic ring is 1. The standard InChI is InChI=1S/C8H10N2O2S/c1-6(13(10,11)12)7-2-4-8(9)5-3-7/h2-5H,1,9H2,(H2,10,11,12). The van der Waals surface area contributed by atoms with Crippen molar-refractivity contribution in [2.24, 2.45) is 5.14 Å². The summed E-state index contributed by atoms with van der Waals surface area (Å²) in [7, 11) is -3.70. The first kappa shape index (κ1) is 9.76. The summed E-state index contributed by atoms with van der Waals surface area (Å²) < 4.78 is 21.7. The molecule has 0 heterocycles. The zero-order chi connectivity index (χ0) is 10.1. The van der Waals surface area contributed by atoms with Crippen molar-refractivity contribution in [3.63, 3.8) is 0 Å². The monoisotopic (exact) mass is 198 g/mol. The summed E-state index contributed by atoms with van der Waals surface area (Å²) in [5, 5.41) is 4.89. The number of anilines is 1. The molecule has 1 aromatic rings. The Labute approximate surface area is 76.9 Å².